The Morgan fingerprint density at radius 2 is 1.62 bits per heavy atom. The second-order valence-corrected chi connectivity index (χ2v) is 9.86. The Kier molecular flexibility index (Phi) is 9.71. The number of unbranched alkanes of at least 4 members (excludes halogenated alkanes) is 1. The van der Waals surface area contributed by atoms with Gasteiger partial charge >= 0.3 is 0 Å². The second kappa shape index (κ2) is 12.0. The number of hydrogen-bond donors (Lipinski definition) is 1. The van der Waals surface area contributed by atoms with Crippen molar-refractivity contribution in [3.8, 4) is 0 Å². The van der Waals surface area contributed by atoms with Crippen molar-refractivity contribution in [1.82, 2.24) is 9.80 Å². The van der Waals surface area contributed by atoms with Crippen molar-refractivity contribution in [2.45, 2.75) is 32.2 Å². The molecule has 9 heteroatoms. The molecule has 0 bridgehead atoms. The first-order valence-corrected chi connectivity index (χ1v) is 12.6. The molecule has 0 aromatic heterocycles. The fourth-order valence-corrected chi connectivity index (χ4v) is 6.11. The normalized spacial score (nSPS) is 20.0. The first-order chi connectivity index (χ1) is 14.1. The van der Waals surface area contributed by atoms with Gasteiger partial charge in [-0.3, -0.25) is 10.3 Å². The minimum Gasteiger partial charge on any atom is -0.379 e. The van der Waals surface area contributed by atoms with Crippen molar-refractivity contribution < 1.29 is 9.47 Å². The highest BCUT2D eigenvalue weighted by atomic mass is 79.9. The maximum atomic E-state index is 5.60. The maximum Gasteiger partial charge on any atom is 0.142 e. The number of halogens is 3. The predicted molar refractivity (Wildman–Crippen MR) is 129 cm³/mol. The molecule has 1 aromatic carbocycles. The van der Waals surface area contributed by atoms with Gasteiger partial charge in [-0.1, -0.05) is 35.7 Å². The molecule has 0 amide bonds. The molecule has 2 aliphatic rings. The third-order valence-electron chi connectivity index (χ3n) is 5.24. The number of hydrogen-bond acceptors (Lipinski definition) is 5. The second-order valence-electron chi connectivity index (χ2n) is 7.23. The Labute approximate surface area is 198 Å². The summed E-state index contributed by atoms with van der Waals surface area (Å²) < 4.78 is 14.1. The molecule has 1 aromatic rings. The quantitative estimate of drug-likeness (QED) is 0.275. The molecule has 1 unspecified atom stereocenters. The minimum atomic E-state index is 0.275. The summed E-state index contributed by atoms with van der Waals surface area (Å²) in [6.45, 7) is 8.95. The fourth-order valence-electron chi connectivity index (χ4n) is 3.67. The summed E-state index contributed by atoms with van der Waals surface area (Å²) in [6, 6.07) is 4.32. The van der Waals surface area contributed by atoms with E-state index in [0.717, 1.165) is 84.0 Å². The third-order valence-corrected chi connectivity index (χ3v) is 6.95. The molecule has 0 saturated carbocycles. The van der Waals surface area contributed by atoms with E-state index in [1.54, 1.807) is 0 Å². The smallest absolute Gasteiger partial charge is 0.142 e. The third kappa shape index (κ3) is 6.64. The summed E-state index contributed by atoms with van der Waals surface area (Å²) >= 11 is 10.8. The lowest BCUT2D eigenvalue weighted by atomic mass is 10.1. The van der Waals surface area contributed by atoms with Gasteiger partial charge in [-0.15, -0.1) is 0 Å². The van der Waals surface area contributed by atoms with Gasteiger partial charge in [-0.05, 0) is 50.4 Å². The van der Waals surface area contributed by atoms with Crippen LogP contribution in [0.3, 0.4) is 0 Å². The van der Waals surface area contributed by atoms with Crippen molar-refractivity contribution in [2.24, 2.45) is 5.10 Å². The molecular formula is C20H29Br3N4O2. The molecule has 2 aliphatic heterocycles. The fraction of sp³-hybridized carbons (Fsp3) is 0.650. The highest BCUT2D eigenvalue weighted by Gasteiger charge is 2.30. The van der Waals surface area contributed by atoms with Gasteiger partial charge in [0.05, 0.1) is 38.2 Å². The van der Waals surface area contributed by atoms with Crippen molar-refractivity contribution in [3.05, 3.63) is 25.6 Å². The van der Waals surface area contributed by atoms with Crippen LogP contribution in [0.2, 0.25) is 0 Å². The van der Waals surface area contributed by atoms with Crippen molar-refractivity contribution >= 4 is 59.3 Å². The van der Waals surface area contributed by atoms with Gasteiger partial charge in [-0.25, -0.2) is 0 Å². The van der Waals surface area contributed by atoms with E-state index < -0.39 is 0 Å². The number of hydrazone groups is 1. The standard InChI is InChI=1S/C20H29Br3N4O2/c1-2-3-4-18(26-5-9-28-10-6-26)20(27-7-11-29-12-8-27)25-24-19-16(22)13-15(21)14-17(19)23/h13-14,18,24H,2-12H2,1H3/b25-20-. The van der Waals surface area contributed by atoms with Crippen LogP contribution in [0.4, 0.5) is 5.69 Å². The van der Waals surface area contributed by atoms with E-state index in [1.807, 2.05) is 12.1 Å². The Hall–Kier alpha value is -0.190. The number of anilines is 1. The molecule has 2 heterocycles. The van der Waals surface area contributed by atoms with E-state index in [0.29, 0.717) is 0 Å². The van der Waals surface area contributed by atoms with E-state index in [1.165, 1.54) is 12.8 Å². The predicted octanol–water partition coefficient (Wildman–Crippen LogP) is 4.92. The number of nitrogens with one attached hydrogen (secondary N) is 1. The number of nitrogens with zero attached hydrogens (tertiary/aromatic N) is 3. The van der Waals surface area contributed by atoms with Crippen LogP contribution in [0.1, 0.15) is 26.2 Å². The van der Waals surface area contributed by atoms with E-state index >= 15 is 0 Å². The molecular weight excluding hydrogens is 568 g/mol. The van der Waals surface area contributed by atoms with Gasteiger partial charge in [0.1, 0.15) is 5.84 Å². The maximum absolute atomic E-state index is 5.60. The largest absolute Gasteiger partial charge is 0.379 e. The van der Waals surface area contributed by atoms with Gasteiger partial charge in [0.25, 0.3) is 0 Å². The first-order valence-electron chi connectivity index (χ1n) is 10.2. The Bertz CT molecular complexity index is 669. The minimum absolute atomic E-state index is 0.275. The summed E-state index contributed by atoms with van der Waals surface area (Å²) in [4.78, 5) is 4.91. The topological polar surface area (TPSA) is 49.3 Å². The lowest BCUT2D eigenvalue weighted by molar-refractivity contribution is 0.0214. The molecule has 1 N–H and O–H groups in total. The zero-order valence-corrected chi connectivity index (χ0v) is 21.6. The van der Waals surface area contributed by atoms with Crippen LogP contribution in [-0.2, 0) is 9.47 Å². The summed E-state index contributed by atoms with van der Waals surface area (Å²) in [7, 11) is 0. The molecule has 0 radical (unpaired) electrons. The van der Waals surface area contributed by atoms with Crippen LogP contribution in [0.15, 0.2) is 30.7 Å². The molecule has 2 saturated heterocycles. The molecule has 3 rings (SSSR count). The summed E-state index contributed by atoms with van der Waals surface area (Å²) in [6.07, 6.45) is 3.45. The van der Waals surface area contributed by atoms with Crippen molar-refractivity contribution in [1.29, 1.82) is 0 Å². The van der Waals surface area contributed by atoms with Crippen LogP contribution in [-0.4, -0.2) is 74.3 Å². The molecule has 1 atom stereocenters. The van der Waals surface area contributed by atoms with Crippen LogP contribution in [0.5, 0.6) is 0 Å². The zero-order valence-electron chi connectivity index (χ0n) is 16.8. The molecule has 0 spiro atoms. The van der Waals surface area contributed by atoms with Gasteiger partial charge in [0, 0.05) is 39.6 Å². The van der Waals surface area contributed by atoms with Gasteiger partial charge in [-0.2, -0.15) is 5.10 Å². The molecule has 2 fully saturated rings. The number of benzene rings is 1. The highest BCUT2D eigenvalue weighted by Crippen LogP contribution is 2.34. The Morgan fingerprint density at radius 3 is 2.21 bits per heavy atom. The number of rotatable bonds is 7. The summed E-state index contributed by atoms with van der Waals surface area (Å²) in [5.74, 6) is 1.10. The van der Waals surface area contributed by atoms with E-state index in [-0.39, 0.29) is 6.04 Å². The van der Waals surface area contributed by atoms with Crippen LogP contribution >= 0.6 is 47.8 Å². The lowest BCUT2D eigenvalue weighted by Gasteiger charge is -2.40. The summed E-state index contributed by atoms with van der Waals surface area (Å²) in [5, 5.41) is 4.98. The first kappa shape index (κ1) is 23.5. The SMILES string of the molecule is CCCCC(/C(=N/Nc1c(Br)cc(Br)cc1Br)N1CCOCC1)N1CCOCC1. The van der Waals surface area contributed by atoms with Gasteiger partial charge in [0.2, 0.25) is 0 Å². The van der Waals surface area contributed by atoms with Crippen LogP contribution in [0.25, 0.3) is 0 Å². The van der Waals surface area contributed by atoms with Crippen molar-refractivity contribution in [2.75, 3.05) is 58.0 Å². The lowest BCUT2D eigenvalue weighted by Crippen LogP contribution is -2.54. The number of ether oxygens (including phenoxy) is 2. The van der Waals surface area contributed by atoms with Crippen LogP contribution in [0, 0.1) is 0 Å². The number of amidine groups is 1. The summed E-state index contributed by atoms with van der Waals surface area (Å²) in [5.41, 5.74) is 4.26. The Balaban J connectivity index is 1.90. The van der Waals surface area contributed by atoms with E-state index in [4.69, 9.17) is 14.6 Å². The number of morpholine rings is 2. The molecule has 29 heavy (non-hydrogen) atoms. The van der Waals surface area contributed by atoms with Crippen molar-refractivity contribution in [3.63, 3.8) is 0 Å². The van der Waals surface area contributed by atoms with E-state index in [2.05, 4.69) is 69.9 Å². The highest BCUT2D eigenvalue weighted by molar-refractivity contribution is 9.11. The van der Waals surface area contributed by atoms with Gasteiger partial charge < -0.3 is 14.4 Å². The molecule has 6 nitrogen and oxygen atoms in total. The average Bonchev–Trinajstić information content (AvgIpc) is 2.73. The Morgan fingerprint density at radius 1 is 1.03 bits per heavy atom. The molecule has 162 valence electrons. The zero-order chi connectivity index (χ0) is 20.6. The average molecular weight is 597 g/mol. The molecule has 0 aliphatic carbocycles. The van der Waals surface area contributed by atoms with E-state index in [9.17, 15) is 0 Å². The van der Waals surface area contributed by atoms with Gasteiger partial charge in [0.15, 0.2) is 0 Å². The monoisotopic (exact) mass is 594 g/mol. The van der Waals surface area contributed by atoms with Crippen LogP contribution < -0.4 is 5.43 Å².